The lowest BCUT2D eigenvalue weighted by Gasteiger charge is -2.31. The number of benzene rings is 1. The molecule has 0 saturated carbocycles. The Kier molecular flexibility index (Phi) is 10.4. The van der Waals surface area contributed by atoms with E-state index >= 15 is 0 Å². The van der Waals surface area contributed by atoms with Crippen LogP contribution in [0.2, 0.25) is 0 Å². The number of nitrogens with one attached hydrogen (secondary N) is 1. The maximum Gasteiger partial charge on any atom is 0.230 e. The fourth-order valence-corrected chi connectivity index (χ4v) is 3.11. The van der Waals surface area contributed by atoms with Gasteiger partial charge in [0.2, 0.25) is 5.91 Å². The monoisotopic (exact) mass is 360 g/mol. The molecule has 1 aromatic carbocycles. The van der Waals surface area contributed by atoms with Crippen LogP contribution in [0.15, 0.2) is 29.2 Å². The van der Waals surface area contributed by atoms with Gasteiger partial charge in [-0.2, -0.15) is 0 Å². The summed E-state index contributed by atoms with van der Waals surface area (Å²) < 4.78 is 5.40. The van der Waals surface area contributed by atoms with Gasteiger partial charge in [0, 0.05) is 17.0 Å². The molecule has 0 saturated heterocycles. The summed E-state index contributed by atoms with van der Waals surface area (Å²) in [6, 6.07) is 7.79. The van der Waals surface area contributed by atoms with Gasteiger partial charge in [0.05, 0.1) is 12.4 Å². The molecule has 1 amide bonds. The normalized spacial score (nSPS) is 13.1. The summed E-state index contributed by atoms with van der Waals surface area (Å²) in [6.45, 7) is 9.33. The van der Waals surface area contributed by atoms with Crippen molar-refractivity contribution in [2.75, 3.05) is 18.9 Å². The summed E-state index contributed by atoms with van der Waals surface area (Å²) in [5.41, 5.74) is 5.49. The van der Waals surface area contributed by atoms with Gasteiger partial charge in [-0.25, -0.2) is 0 Å². The van der Waals surface area contributed by atoms with E-state index in [1.54, 1.807) is 0 Å². The maximum absolute atomic E-state index is 12.1. The third-order valence-electron chi connectivity index (χ3n) is 3.26. The Morgan fingerprint density at radius 1 is 1.35 bits per heavy atom. The fourth-order valence-electron chi connectivity index (χ4n) is 2.41. The minimum absolute atomic E-state index is 0. The van der Waals surface area contributed by atoms with Gasteiger partial charge in [-0.05, 0) is 50.5 Å². The first-order valence-corrected chi connectivity index (χ1v) is 8.74. The second-order valence-electron chi connectivity index (χ2n) is 6.10. The van der Waals surface area contributed by atoms with Crippen molar-refractivity contribution in [3.8, 4) is 5.75 Å². The van der Waals surface area contributed by atoms with Gasteiger partial charge in [-0.3, -0.25) is 4.79 Å². The summed E-state index contributed by atoms with van der Waals surface area (Å²) in [6.07, 6.45) is 0.878. The van der Waals surface area contributed by atoms with E-state index in [0.717, 1.165) is 17.1 Å². The van der Waals surface area contributed by atoms with Gasteiger partial charge >= 0.3 is 0 Å². The van der Waals surface area contributed by atoms with E-state index in [2.05, 4.69) is 19.2 Å². The highest BCUT2D eigenvalue weighted by Crippen LogP contribution is 2.22. The van der Waals surface area contributed by atoms with Gasteiger partial charge in [-0.1, -0.05) is 13.8 Å². The van der Waals surface area contributed by atoms with Crippen LogP contribution in [0, 0.1) is 5.92 Å². The number of amides is 1. The molecule has 0 heterocycles. The Labute approximate surface area is 150 Å². The lowest BCUT2D eigenvalue weighted by Crippen LogP contribution is -2.52. The van der Waals surface area contributed by atoms with Crippen LogP contribution in [0.5, 0.6) is 5.75 Å². The molecule has 1 rings (SSSR count). The van der Waals surface area contributed by atoms with Crippen LogP contribution in [-0.4, -0.2) is 30.4 Å². The van der Waals surface area contributed by atoms with Crippen molar-refractivity contribution in [3.05, 3.63) is 24.3 Å². The maximum atomic E-state index is 12.1. The van der Waals surface area contributed by atoms with Crippen LogP contribution >= 0.6 is 24.2 Å². The quantitative estimate of drug-likeness (QED) is 0.662. The molecule has 132 valence electrons. The number of carbonyl (C=O) groups excluding carboxylic acids is 1. The molecule has 4 nitrogen and oxygen atoms in total. The summed E-state index contributed by atoms with van der Waals surface area (Å²) >= 11 is 1.52. The van der Waals surface area contributed by atoms with E-state index in [1.807, 2.05) is 38.1 Å². The Hall–Kier alpha value is -0.910. The fraction of sp³-hybridized carbons (Fsp3) is 0.588. The van der Waals surface area contributed by atoms with E-state index in [0.29, 0.717) is 24.8 Å². The van der Waals surface area contributed by atoms with Gasteiger partial charge in [0.15, 0.2) is 0 Å². The first-order valence-electron chi connectivity index (χ1n) is 7.75. The van der Waals surface area contributed by atoms with Crippen molar-refractivity contribution >= 4 is 30.1 Å². The summed E-state index contributed by atoms with van der Waals surface area (Å²) in [4.78, 5) is 13.2. The zero-order chi connectivity index (χ0) is 16.6. The molecule has 1 unspecified atom stereocenters. The van der Waals surface area contributed by atoms with E-state index < -0.39 is 0 Å². The van der Waals surface area contributed by atoms with E-state index in [-0.39, 0.29) is 23.9 Å². The Bertz CT molecular complexity index is 468. The zero-order valence-electron chi connectivity index (χ0n) is 14.4. The van der Waals surface area contributed by atoms with Crippen LogP contribution in [0.1, 0.15) is 34.1 Å². The Balaban J connectivity index is 0.00000484. The highest BCUT2D eigenvalue weighted by atomic mass is 35.5. The van der Waals surface area contributed by atoms with Crippen molar-refractivity contribution in [2.24, 2.45) is 11.7 Å². The van der Waals surface area contributed by atoms with Gasteiger partial charge < -0.3 is 15.8 Å². The highest BCUT2D eigenvalue weighted by molar-refractivity contribution is 8.00. The van der Waals surface area contributed by atoms with Crippen LogP contribution in [0.4, 0.5) is 0 Å². The Morgan fingerprint density at radius 2 is 1.96 bits per heavy atom. The predicted octanol–water partition coefficient (Wildman–Crippen LogP) is 3.48. The molecule has 0 aromatic heterocycles. The van der Waals surface area contributed by atoms with Gasteiger partial charge in [-0.15, -0.1) is 24.2 Å². The molecule has 23 heavy (non-hydrogen) atoms. The number of nitrogens with two attached hydrogens (primary N) is 1. The van der Waals surface area contributed by atoms with Crippen LogP contribution in [-0.2, 0) is 4.79 Å². The largest absolute Gasteiger partial charge is 0.494 e. The second kappa shape index (κ2) is 10.8. The summed E-state index contributed by atoms with van der Waals surface area (Å²) in [5, 5.41) is 3.07. The molecule has 1 aromatic rings. The van der Waals surface area contributed by atoms with Crippen molar-refractivity contribution < 1.29 is 9.53 Å². The standard InChI is InChI=1S/C17H28N2O2S.ClH/c1-5-21-14-6-8-15(9-7-14)22-11-16(20)19-17(4,12-18)10-13(2)3;/h6-9,13H,5,10-12,18H2,1-4H3,(H,19,20);1H. The molecule has 0 aliphatic heterocycles. The molecule has 0 bridgehead atoms. The third-order valence-corrected chi connectivity index (χ3v) is 4.27. The minimum atomic E-state index is -0.329. The number of halogens is 1. The summed E-state index contributed by atoms with van der Waals surface area (Å²) in [5.74, 6) is 1.76. The van der Waals surface area contributed by atoms with Crippen LogP contribution in [0.3, 0.4) is 0 Å². The third kappa shape index (κ3) is 8.49. The molecule has 0 aliphatic rings. The number of ether oxygens (including phenoxy) is 1. The predicted molar refractivity (Wildman–Crippen MR) is 101 cm³/mol. The lowest BCUT2D eigenvalue weighted by molar-refractivity contribution is -0.120. The van der Waals surface area contributed by atoms with Crippen molar-refractivity contribution in [3.63, 3.8) is 0 Å². The van der Waals surface area contributed by atoms with Gasteiger partial charge in [0.25, 0.3) is 0 Å². The minimum Gasteiger partial charge on any atom is -0.494 e. The topological polar surface area (TPSA) is 64.3 Å². The summed E-state index contributed by atoms with van der Waals surface area (Å²) in [7, 11) is 0. The molecule has 6 heteroatoms. The zero-order valence-corrected chi connectivity index (χ0v) is 16.1. The van der Waals surface area contributed by atoms with Gasteiger partial charge in [0.1, 0.15) is 5.75 Å². The van der Waals surface area contributed by atoms with E-state index in [1.165, 1.54) is 11.8 Å². The smallest absolute Gasteiger partial charge is 0.230 e. The van der Waals surface area contributed by atoms with Crippen molar-refractivity contribution in [1.29, 1.82) is 0 Å². The first kappa shape index (κ1) is 22.1. The second-order valence-corrected chi connectivity index (χ2v) is 7.15. The number of rotatable bonds is 9. The van der Waals surface area contributed by atoms with Crippen molar-refractivity contribution in [1.82, 2.24) is 5.32 Å². The average Bonchev–Trinajstić information content (AvgIpc) is 2.46. The number of thioether (sulfide) groups is 1. The Morgan fingerprint density at radius 3 is 2.43 bits per heavy atom. The molecule has 0 spiro atoms. The molecule has 0 aliphatic carbocycles. The van der Waals surface area contributed by atoms with Crippen molar-refractivity contribution in [2.45, 2.75) is 44.6 Å². The number of hydrogen-bond donors (Lipinski definition) is 2. The molecular weight excluding hydrogens is 332 g/mol. The number of carbonyl (C=O) groups is 1. The lowest BCUT2D eigenvalue weighted by atomic mass is 9.91. The van der Waals surface area contributed by atoms with E-state index in [9.17, 15) is 4.79 Å². The number of hydrogen-bond acceptors (Lipinski definition) is 4. The first-order chi connectivity index (χ1) is 10.4. The van der Waals surface area contributed by atoms with Crippen LogP contribution in [0.25, 0.3) is 0 Å². The molecular formula is C17H29ClN2O2S. The van der Waals surface area contributed by atoms with Crippen LogP contribution < -0.4 is 15.8 Å². The van der Waals surface area contributed by atoms with E-state index in [4.69, 9.17) is 10.5 Å². The average molecular weight is 361 g/mol. The SMILES string of the molecule is CCOc1ccc(SCC(=O)NC(C)(CN)CC(C)C)cc1.Cl. The molecule has 1 atom stereocenters. The molecule has 3 N–H and O–H groups in total. The molecule has 0 fully saturated rings. The highest BCUT2D eigenvalue weighted by Gasteiger charge is 2.25. The molecule has 0 radical (unpaired) electrons.